The van der Waals surface area contributed by atoms with Crippen molar-refractivity contribution in [2.45, 2.75) is 38.5 Å². The van der Waals surface area contributed by atoms with Crippen LogP contribution in [0.2, 0.25) is 0 Å². The summed E-state index contributed by atoms with van der Waals surface area (Å²) in [5, 5.41) is 1.07. The maximum Gasteiger partial charge on any atom is 0.262 e. The molecule has 7 nitrogen and oxygen atoms in total. The van der Waals surface area contributed by atoms with Gasteiger partial charge >= 0.3 is 0 Å². The highest BCUT2D eigenvalue weighted by Crippen LogP contribution is 2.24. The maximum absolute atomic E-state index is 13.2. The third-order valence-electron chi connectivity index (χ3n) is 5.72. The Labute approximate surface area is 196 Å². The number of hydrogen-bond acceptors (Lipinski definition) is 6. The Morgan fingerprint density at radius 2 is 2.00 bits per heavy atom. The molecule has 0 radical (unpaired) electrons. The van der Waals surface area contributed by atoms with E-state index in [0.717, 1.165) is 17.1 Å². The van der Waals surface area contributed by atoms with Gasteiger partial charge in [0.1, 0.15) is 5.76 Å². The number of fused-ring (bicyclic) bond motifs is 1. The van der Waals surface area contributed by atoms with Gasteiger partial charge in [-0.15, -0.1) is 0 Å². The number of aryl methyl sites for hydroxylation is 1. The van der Waals surface area contributed by atoms with Gasteiger partial charge in [-0.05, 0) is 51.1 Å². The summed E-state index contributed by atoms with van der Waals surface area (Å²) < 4.78 is 14.4. The highest BCUT2D eigenvalue weighted by molar-refractivity contribution is 7.99. The number of nitrogens with zero attached hydrogens (tertiary/aromatic N) is 3. The van der Waals surface area contributed by atoms with Crippen LogP contribution >= 0.6 is 11.8 Å². The van der Waals surface area contributed by atoms with Crippen molar-refractivity contribution < 1.29 is 13.9 Å². The summed E-state index contributed by atoms with van der Waals surface area (Å²) in [6, 6.07) is 12.7. The first-order valence-corrected chi connectivity index (χ1v) is 11.7. The lowest BCUT2D eigenvalue weighted by Gasteiger charge is -2.18. The highest BCUT2D eigenvalue weighted by atomic mass is 32.2. The molecule has 0 spiro atoms. The zero-order valence-corrected chi connectivity index (χ0v) is 20.0. The molecule has 3 aromatic heterocycles. The molecule has 0 N–H and O–H groups in total. The Kier molecular flexibility index (Phi) is 6.85. The van der Waals surface area contributed by atoms with E-state index in [1.165, 1.54) is 11.8 Å². The molecule has 0 saturated heterocycles. The van der Waals surface area contributed by atoms with Crippen LogP contribution in [0, 0.1) is 13.8 Å². The lowest BCUT2D eigenvalue weighted by molar-refractivity contribution is 0.102. The Morgan fingerprint density at radius 3 is 2.73 bits per heavy atom. The number of hydrogen-bond donors (Lipinski definition) is 0. The summed E-state index contributed by atoms with van der Waals surface area (Å²) in [7, 11) is 1.60. The summed E-state index contributed by atoms with van der Waals surface area (Å²) >= 11 is 1.28. The predicted molar refractivity (Wildman–Crippen MR) is 129 cm³/mol. The fraction of sp³-hybridized carbons (Fsp3) is 0.320. The summed E-state index contributed by atoms with van der Waals surface area (Å²) in [6.07, 6.45) is 1.65. The molecule has 1 aromatic carbocycles. The van der Waals surface area contributed by atoms with Crippen molar-refractivity contribution >= 4 is 28.4 Å². The standard InChI is InChI=1S/C25H27N3O4S/c1-16-12-21(18(3)27(16)13-19-8-7-11-32-19)23(29)15-33-25-26-22-10-6-5-9-20(22)24(30)28(25)17(2)14-31-4/h5-12,17H,13-15H2,1-4H3/t17-/m0/s1. The van der Waals surface area contributed by atoms with Crippen molar-refractivity contribution in [2.24, 2.45) is 0 Å². The molecular weight excluding hydrogens is 438 g/mol. The number of aromatic nitrogens is 3. The molecule has 0 saturated carbocycles. The van der Waals surface area contributed by atoms with E-state index >= 15 is 0 Å². The summed E-state index contributed by atoms with van der Waals surface area (Å²) in [4.78, 5) is 31.1. The number of methoxy groups -OCH3 is 1. The molecule has 0 aliphatic rings. The van der Waals surface area contributed by atoms with Gasteiger partial charge in [0.15, 0.2) is 10.9 Å². The number of carbonyl (C=O) groups excluding carboxylic acids is 1. The Balaban J connectivity index is 1.61. The van der Waals surface area contributed by atoms with Crippen molar-refractivity contribution in [1.29, 1.82) is 0 Å². The highest BCUT2D eigenvalue weighted by Gasteiger charge is 2.20. The molecule has 172 valence electrons. The number of rotatable bonds is 9. The molecule has 8 heteroatoms. The number of para-hydroxylation sites is 1. The van der Waals surface area contributed by atoms with Gasteiger partial charge in [0.25, 0.3) is 5.56 Å². The van der Waals surface area contributed by atoms with E-state index < -0.39 is 0 Å². The van der Waals surface area contributed by atoms with Gasteiger partial charge in [-0.2, -0.15) is 0 Å². The lowest BCUT2D eigenvalue weighted by atomic mass is 10.2. The minimum absolute atomic E-state index is 0.00727. The minimum atomic E-state index is -0.212. The van der Waals surface area contributed by atoms with Crippen LogP contribution < -0.4 is 5.56 Å². The van der Waals surface area contributed by atoms with E-state index in [2.05, 4.69) is 4.57 Å². The van der Waals surface area contributed by atoms with Crippen molar-refractivity contribution in [3.8, 4) is 0 Å². The SMILES string of the molecule is COC[C@H](C)n1c(SCC(=O)c2cc(C)n(Cc3ccco3)c2C)nc2ccccc2c1=O. The van der Waals surface area contributed by atoms with Crippen LogP contribution in [-0.4, -0.2) is 39.4 Å². The van der Waals surface area contributed by atoms with Crippen LogP contribution in [0.3, 0.4) is 0 Å². The second-order valence-corrected chi connectivity index (χ2v) is 9.00. The first-order valence-electron chi connectivity index (χ1n) is 10.8. The third kappa shape index (κ3) is 4.67. The lowest BCUT2D eigenvalue weighted by Crippen LogP contribution is -2.28. The fourth-order valence-electron chi connectivity index (χ4n) is 4.02. The van der Waals surface area contributed by atoms with Crippen LogP contribution in [0.5, 0.6) is 0 Å². The topological polar surface area (TPSA) is 79.3 Å². The Morgan fingerprint density at radius 1 is 1.21 bits per heavy atom. The smallest absolute Gasteiger partial charge is 0.262 e. The summed E-state index contributed by atoms with van der Waals surface area (Å²) in [5.41, 5.74) is 3.05. The van der Waals surface area contributed by atoms with Crippen LogP contribution in [0.25, 0.3) is 10.9 Å². The van der Waals surface area contributed by atoms with E-state index in [1.54, 1.807) is 24.0 Å². The fourth-order valence-corrected chi connectivity index (χ4v) is 5.01. The average molecular weight is 466 g/mol. The monoisotopic (exact) mass is 465 g/mol. The van der Waals surface area contributed by atoms with Gasteiger partial charge in [0.2, 0.25) is 0 Å². The largest absolute Gasteiger partial charge is 0.467 e. The number of furan rings is 1. The molecule has 0 aliphatic carbocycles. The van der Waals surface area contributed by atoms with E-state index in [4.69, 9.17) is 14.1 Å². The van der Waals surface area contributed by atoms with Gasteiger partial charge in [0.05, 0.1) is 42.1 Å². The number of thioether (sulfide) groups is 1. The number of ether oxygens (including phenoxy) is 1. The van der Waals surface area contributed by atoms with Gasteiger partial charge in [-0.3, -0.25) is 14.2 Å². The minimum Gasteiger partial charge on any atom is -0.467 e. The maximum atomic E-state index is 13.2. The first kappa shape index (κ1) is 23.1. The van der Waals surface area contributed by atoms with E-state index in [-0.39, 0.29) is 23.1 Å². The normalized spacial score (nSPS) is 12.4. The molecule has 3 heterocycles. The quantitative estimate of drug-likeness (QED) is 0.204. The number of benzene rings is 1. The van der Waals surface area contributed by atoms with Crippen molar-refractivity contribution in [1.82, 2.24) is 14.1 Å². The van der Waals surface area contributed by atoms with E-state index in [0.29, 0.717) is 34.8 Å². The molecule has 4 aromatic rings. The molecular formula is C25H27N3O4S. The predicted octanol–water partition coefficient (Wildman–Crippen LogP) is 4.64. The molecule has 0 amide bonds. The second kappa shape index (κ2) is 9.80. The van der Waals surface area contributed by atoms with Crippen LogP contribution in [0.4, 0.5) is 0 Å². The molecule has 4 rings (SSSR count). The van der Waals surface area contributed by atoms with Gasteiger partial charge in [-0.25, -0.2) is 4.98 Å². The zero-order valence-electron chi connectivity index (χ0n) is 19.2. The Bertz CT molecular complexity index is 1340. The molecule has 0 bridgehead atoms. The van der Waals surface area contributed by atoms with Crippen molar-refractivity contribution in [3.05, 3.63) is 81.8 Å². The van der Waals surface area contributed by atoms with Gasteiger partial charge in [0, 0.05) is 24.1 Å². The van der Waals surface area contributed by atoms with E-state index in [1.807, 2.05) is 57.2 Å². The number of ketones is 1. The third-order valence-corrected chi connectivity index (χ3v) is 6.68. The van der Waals surface area contributed by atoms with Crippen LogP contribution in [-0.2, 0) is 11.3 Å². The second-order valence-electron chi connectivity index (χ2n) is 8.05. The van der Waals surface area contributed by atoms with Crippen LogP contribution in [0.15, 0.2) is 63.1 Å². The van der Waals surface area contributed by atoms with Gasteiger partial charge < -0.3 is 13.7 Å². The first-order chi connectivity index (χ1) is 15.9. The Hall–Kier alpha value is -3.10. The van der Waals surface area contributed by atoms with E-state index in [9.17, 15) is 9.59 Å². The molecule has 0 aliphatic heterocycles. The van der Waals surface area contributed by atoms with Crippen LogP contribution in [0.1, 0.15) is 40.5 Å². The van der Waals surface area contributed by atoms with Crippen molar-refractivity contribution in [2.75, 3.05) is 19.5 Å². The number of carbonyl (C=O) groups is 1. The summed E-state index contributed by atoms with van der Waals surface area (Å²) in [6.45, 7) is 6.78. The molecule has 1 atom stereocenters. The molecule has 33 heavy (non-hydrogen) atoms. The molecule has 0 unspecified atom stereocenters. The zero-order chi connectivity index (χ0) is 23.5. The molecule has 0 fully saturated rings. The summed E-state index contributed by atoms with van der Waals surface area (Å²) in [5.74, 6) is 1.00. The average Bonchev–Trinajstić information content (AvgIpc) is 3.41. The van der Waals surface area contributed by atoms with Gasteiger partial charge in [-0.1, -0.05) is 23.9 Å². The number of Topliss-reactive ketones (excluding diaryl/α,β-unsaturated/α-hetero) is 1. The van der Waals surface area contributed by atoms with Crippen molar-refractivity contribution in [3.63, 3.8) is 0 Å².